The van der Waals surface area contributed by atoms with Crippen LogP contribution in [-0.4, -0.2) is 30.7 Å². The average molecular weight is 489 g/mol. The lowest BCUT2D eigenvalue weighted by atomic mass is 10.2. The first-order valence-corrected chi connectivity index (χ1v) is 11.4. The number of aliphatic hydroxyl groups excluding tert-OH is 1. The van der Waals surface area contributed by atoms with Gasteiger partial charge in [0.05, 0.1) is 16.5 Å². The van der Waals surface area contributed by atoms with Crippen LogP contribution in [0.3, 0.4) is 0 Å². The molecule has 5 nitrogen and oxygen atoms in total. The van der Waals surface area contributed by atoms with Crippen molar-refractivity contribution in [2.75, 3.05) is 24.6 Å². The van der Waals surface area contributed by atoms with Gasteiger partial charge >= 0.3 is 0 Å². The van der Waals surface area contributed by atoms with Crippen LogP contribution >= 0.6 is 27.3 Å². The van der Waals surface area contributed by atoms with Crippen LogP contribution in [0, 0.1) is 0 Å². The summed E-state index contributed by atoms with van der Waals surface area (Å²) >= 11 is 5.01. The Kier molecular flexibility index (Phi) is 8.30. The second kappa shape index (κ2) is 11.2. The van der Waals surface area contributed by atoms with Gasteiger partial charge < -0.3 is 20.1 Å². The van der Waals surface area contributed by atoms with Gasteiger partial charge in [-0.15, -0.1) is 11.3 Å². The maximum absolute atomic E-state index is 12.1. The van der Waals surface area contributed by atoms with Crippen molar-refractivity contribution >= 4 is 38.2 Å². The van der Waals surface area contributed by atoms with Crippen molar-refractivity contribution in [2.24, 2.45) is 0 Å². The molecule has 0 atom stereocenters. The standard InChI is InChI=1S/C23H25BrN2O3S/c1-2-26(22-11-10-21(30-22)23(28)25-12-13-27)15-18-14-19(24)8-9-20(18)29-16-17-6-4-3-5-7-17/h3-11,14,27H,2,12-13,15-16H2,1H3,(H,25,28). The van der Waals surface area contributed by atoms with Gasteiger partial charge in [-0.2, -0.15) is 0 Å². The molecule has 2 aromatic carbocycles. The van der Waals surface area contributed by atoms with Crippen molar-refractivity contribution in [2.45, 2.75) is 20.1 Å². The minimum Gasteiger partial charge on any atom is -0.489 e. The predicted molar refractivity (Wildman–Crippen MR) is 125 cm³/mol. The number of amides is 1. The molecule has 1 heterocycles. The van der Waals surface area contributed by atoms with Gasteiger partial charge in [0.15, 0.2) is 0 Å². The maximum atomic E-state index is 12.1. The van der Waals surface area contributed by atoms with Crippen molar-refractivity contribution in [1.82, 2.24) is 5.32 Å². The lowest BCUT2D eigenvalue weighted by Gasteiger charge is -2.23. The Morgan fingerprint density at radius 3 is 2.70 bits per heavy atom. The number of thiophene rings is 1. The zero-order valence-electron chi connectivity index (χ0n) is 16.8. The van der Waals surface area contributed by atoms with Gasteiger partial charge in [-0.25, -0.2) is 0 Å². The van der Waals surface area contributed by atoms with Crippen LogP contribution < -0.4 is 15.0 Å². The number of hydrogen-bond acceptors (Lipinski definition) is 5. The molecular weight excluding hydrogens is 464 g/mol. The first kappa shape index (κ1) is 22.3. The second-order valence-electron chi connectivity index (χ2n) is 6.66. The first-order valence-electron chi connectivity index (χ1n) is 9.79. The molecule has 1 aromatic heterocycles. The second-order valence-corrected chi connectivity index (χ2v) is 8.64. The van der Waals surface area contributed by atoms with Crippen LogP contribution in [0.25, 0.3) is 0 Å². The Morgan fingerprint density at radius 2 is 1.97 bits per heavy atom. The van der Waals surface area contributed by atoms with Gasteiger partial charge in [0.1, 0.15) is 12.4 Å². The summed E-state index contributed by atoms with van der Waals surface area (Å²) in [5, 5.41) is 12.6. The predicted octanol–water partition coefficient (Wildman–Crippen LogP) is 4.84. The number of nitrogens with zero attached hydrogens (tertiary/aromatic N) is 1. The fourth-order valence-corrected chi connectivity index (χ4v) is 4.37. The molecule has 0 radical (unpaired) electrons. The van der Waals surface area contributed by atoms with Gasteiger partial charge in [0.2, 0.25) is 0 Å². The number of halogens is 1. The van der Waals surface area contributed by atoms with Crippen molar-refractivity contribution < 1.29 is 14.6 Å². The zero-order valence-corrected chi connectivity index (χ0v) is 19.2. The summed E-state index contributed by atoms with van der Waals surface area (Å²) in [6, 6.07) is 19.9. The molecule has 2 N–H and O–H groups in total. The summed E-state index contributed by atoms with van der Waals surface area (Å²) < 4.78 is 7.11. The molecule has 7 heteroatoms. The van der Waals surface area contributed by atoms with E-state index in [-0.39, 0.29) is 19.1 Å². The number of ether oxygens (including phenoxy) is 1. The van der Waals surface area contributed by atoms with Crippen LogP contribution in [-0.2, 0) is 13.2 Å². The normalized spacial score (nSPS) is 10.6. The third-order valence-corrected chi connectivity index (χ3v) is 6.17. The quantitative estimate of drug-likeness (QED) is 0.428. The average Bonchev–Trinajstić information content (AvgIpc) is 3.26. The van der Waals surface area contributed by atoms with Gasteiger partial charge in [0, 0.05) is 29.7 Å². The summed E-state index contributed by atoms with van der Waals surface area (Å²) in [7, 11) is 0. The molecule has 0 aliphatic rings. The Bertz CT molecular complexity index is 962. The monoisotopic (exact) mass is 488 g/mol. The van der Waals surface area contributed by atoms with E-state index in [1.54, 1.807) is 0 Å². The van der Waals surface area contributed by atoms with E-state index in [0.29, 0.717) is 18.0 Å². The number of benzene rings is 2. The maximum Gasteiger partial charge on any atom is 0.261 e. The molecule has 158 valence electrons. The number of carbonyl (C=O) groups excluding carboxylic acids is 1. The topological polar surface area (TPSA) is 61.8 Å². The van der Waals surface area contributed by atoms with Crippen molar-refractivity contribution in [3.63, 3.8) is 0 Å². The minimum absolute atomic E-state index is 0.0697. The largest absolute Gasteiger partial charge is 0.489 e. The van der Waals surface area contributed by atoms with E-state index in [1.165, 1.54) is 11.3 Å². The molecular formula is C23H25BrN2O3S. The lowest BCUT2D eigenvalue weighted by molar-refractivity contribution is 0.0949. The molecule has 0 aliphatic heterocycles. The van der Waals surface area contributed by atoms with Crippen LogP contribution in [0.5, 0.6) is 5.75 Å². The fraction of sp³-hybridized carbons (Fsp3) is 0.261. The molecule has 0 saturated heterocycles. The van der Waals surface area contributed by atoms with E-state index in [9.17, 15) is 4.79 Å². The molecule has 0 unspecified atom stereocenters. The van der Waals surface area contributed by atoms with Gasteiger partial charge in [-0.1, -0.05) is 46.3 Å². The SMILES string of the molecule is CCN(Cc1cc(Br)ccc1OCc1ccccc1)c1ccc(C(=O)NCCO)s1. The van der Waals surface area contributed by atoms with E-state index in [4.69, 9.17) is 9.84 Å². The molecule has 1 amide bonds. The van der Waals surface area contributed by atoms with Gasteiger partial charge in [-0.05, 0) is 42.8 Å². The van der Waals surface area contributed by atoms with Crippen molar-refractivity contribution in [3.05, 3.63) is 81.1 Å². The lowest BCUT2D eigenvalue weighted by Crippen LogP contribution is -2.25. The number of hydrogen-bond donors (Lipinski definition) is 2. The molecule has 0 spiro atoms. The third-order valence-electron chi connectivity index (χ3n) is 4.53. The highest BCUT2D eigenvalue weighted by atomic mass is 79.9. The highest BCUT2D eigenvalue weighted by Crippen LogP contribution is 2.31. The minimum atomic E-state index is -0.161. The highest BCUT2D eigenvalue weighted by Gasteiger charge is 2.15. The molecule has 0 saturated carbocycles. The van der Waals surface area contributed by atoms with Crippen LogP contribution in [0.4, 0.5) is 5.00 Å². The summed E-state index contributed by atoms with van der Waals surface area (Å²) in [4.78, 5) is 15.0. The first-order chi connectivity index (χ1) is 14.6. The number of carbonyl (C=O) groups is 1. The van der Waals surface area contributed by atoms with Crippen molar-refractivity contribution in [3.8, 4) is 5.75 Å². The number of nitrogens with one attached hydrogen (secondary N) is 1. The van der Waals surface area contributed by atoms with Crippen LogP contribution in [0.1, 0.15) is 27.7 Å². The van der Waals surface area contributed by atoms with Crippen molar-refractivity contribution in [1.29, 1.82) is 0 Å². The fourth-order valence-electron chi connectivity index (χ4n) is 2.98. The Morgan fingerprint density at radius 1 is 1.17 bits per heavy atom. The number of rotatable bonds is 10. The zero-order chi connectivity index (χ0) is 21.3. The molecule has 0 bridgehead atoms. The Hall–Kier alpha value is -2.35. The summed E-state index contributed by atoms with van der Waals surface area (Å²) in [6.07, 6.45) is 0. The molecule has 30 heavy (non-hydrogen) atoms. The Labute approximate surface area is 189 Å². The summed E-state index contributed by atoms with van der Waals surface area (Å²) in [5.74, 6) is 0.684. The molecule has 0 fully saturated rings. The van der Waals surface area contributed by atoms with Gasteiger partial charge in [-0.3, -0.25) is 4.79 Å². The molecule has 3 rings (SSSR count). The molecule has 3 aromatic rings. The van der Waals surface area contributed by atoms with E-state index in [2.05, 4.69) is 39.1 Å². The highest BCUT2D eigenvalue weighted by molar-refractivity contribution is 9.10. The van der Waals surface area contributed by atoms with E-state index >= 15 is 0 Å². The van der Waals surface area contributed by atoms with E-state index in [0.717, 1.165) is 32.9 Å². The number of anilines is 1. The van der Waals surface area contributed by atoms with Crippen LogP contribution in [0.2, 0.25) is 0 Å². The van der Waals surface area contributed by atoms with Gasteiger partial charge in [0.25, 0.3) is 5.91 Å². The summed E-state index contributed by atoms with van der Waals surface area (Å²) in [5.41, 5.74) is 2.19. The van der Waals surface area contributed by atoms with E-state index < -0.39 is 0 Å². The van der Waals surface area contributed by atoms with Crippen LogP contribution in [0.15, 0.2) is 65.1 Å². The van der Waals surface area contributed by atoms with E-state index in [1.807, 2.05) is 54.6 Å². The summed E-state index contributed by atoms with van der Waals surface area (Å²) in [6.45, 7) is 4.24. The smallest absolute Gasteiger partial charge is 0.261 e. The number of aliphatic hydroxyl groups is 1. The Balaban J connectivity index is 1.74. The third kappa shape index (κ3) is 6.08. The molecule has 0 aliphatic carbocycles.